The van der Waals surface area contributed by atoms with E-state index in [4.69, 9.17) is 4.74 Å². The standard InChI is InChI=1S/C22H23NO/c1-18-7-5-6-10-21(18)17-24-22-13-11-20(12-14-22)16-23-15-19-8-3-2-4-9-19/h2-14,23H,15-17H2,1H3. The van der Waals surface area contributed by atoms with Crippen molar-refractivity contribution in [2.24, 2.45) is 0 Å². The zero-order chi connectivity index (χ0) is 16.6. The van der Waals surface area contributed by atoms with Gasteiger partial charge in [-0.05, 0) is 41.3 Å². The Morgan fingerprint density at radius 3 is 2.04 bits per heavy atom. The van der Waals surface area contributed by atoms with Crippen LogP contribution in [0.3, 0.4) is 0 Å². The maximum atomic E-state index is 5.88. The van der Waals surface area contributed by atoms with E-state index in [2.05, 4.69) is 66.8 Å². The molecule has 0 aromatic heterocycles. The largest absolute Gasteiger partial charge is 0.489 e. The number of benzene rings is 3. The van der Waals surface area contributed by atoms with Crippen LogP contribution >= 0.6 is 0 Å². The highest BCUT2D eigenvalue weighted by atomic mass is 16.5. The second-order valence-corrected chi connectivity index (χ2v) is 5.95. The molecule has 0 atom stereocenters. The quantitative estimate of drug-likeness (QED) is 0.671. The third-order valence-electron chi connectivity index (χ3n) is 4.08. The van der Waals surface area contributed by atoms with Gasteiger partial charge in [-0.2, -0.15) is 0 Å². The number of hydrogen-bond donors (Lipinski definition) is 1. The minimum atomic E-state index is 0.609. The van der Waals surface area contributed by atoms with Crippen molar-refractivity contribution in [3.63, 3.8) is 0 Å². The van der Waals surface area contributed by atoms with Crippen LogP contribution in [0.5, 0.6) is 5.75 Å². The topological polar surface area (TPSA) is 21.3 Å². The van der Waals surface area contributed by atoms with E-state index in [1.807, 2.05) is 24.3 Å². The van der Waals surface area contributed by atoms with Crippen LogP contribution in [0.4, 0.5) is 0 Å². The van der Waals surface area contributed by atoms with Crippen LogP contribution in [-0.4, -0.2) is 0 Å². The number of aryl methyl sites for hydroxylation is 1. The summed E-state index contributed by atoms with van der Waals surface area (Å²) in [7, 11) is 0. The third-order valence-corrected chi connectivity index (χ3v) is 4.08. The van der Waals surface area contributed by atoms with E-state index < -0.39 is 0 Å². The Morgan fingerprint density at radius 2 is 1.33 bits per heavy atom. The molecule has 2 nitrogen and oxygen atoms in total. The van der Waals surface area contributed by atoms with E-state index in [1.165, 1.54) is 22.3 Å². The van der Waals surface area contributed by atoms with Gasteiger partial charge in [-0.15, -0.1) is 0 Å². The van der Waals surface area contributed by atoms with Crippen molar-refractivity contribution in [3.8, 4) is 5.75 Å². The lowest BCUT2D eigenvalue weighted by Gasteiger charge is -2.10. The molecule has 0 unspecified atom stereocenters. The number of ether oxygens (including phenoxy) is 1. The molecule has 0 heterocycles. The first kappa shape index (κ1) is 16.3. The maximum absolute atomic E-state index is 5.88. The summed E-state index contributed by atoms with van der Waals surface area (Å²) < 4.78 is 5.88. The molecule has 0 aliphatic rings. The minimum Gasteiger partial charge on any atom is -0.489 e. The van der Waals surface area contributed by atoms with Crippen LogP contribution < -0.4 is 10.1 Å². The van der Waals surface area contributed by atoms with Crippen LogP contribution in [-0.2, 0) is 19.7 Å². The highest BCUT2D eigenvalue weighted by Crippen LogP contribution is 2.16. The molecule has 0 aliphatic heterocycles. The summed E-state index contributed by atoms with van der Waals surface area (Å²) in [5.74, 6) is 0.907. The smallest absolute Gasteiger partial charge is 0.119 e. The summed E-state index contributed by atoms with van der Waals surface area (Å²) in [6, 6.07) is 27.1. The molecular weight excluding hydrogens is 294 g/mol. The fraction of sp³-hybridized carbons (Fsp3) is 0.182. The highest BCUT2D eigenvalue weighted by Gasteiger charge is 2.00. The predicted octanol–water partition coefficient (Wildman–Crippen LogP) is 4.86. The van der Waals surface area contributed by atoms with Gasteiger partial charge in [-0.25, -0.2) is 0 Å². The molecule has 0 bridgehead atoms. The Balaban J connectivity index is 1.47. The molecule has 0 aliphatic carbocycles. The lowest BCUT2D eigenvalue weighted by atomic mass is 10.1. The minimum absolute atomic E-state index is 0.609. The summed E-state index contributed by atoms with van der Waals surface area (Å²) in [6.07, 6.45) is 0. The van der Waals surface area contributed by atoms with Gasteiger partial charge in [0.25, 0.3) is 0 Å². The fourth-order valence-corrected chi connectivity index (χ4v) is 2.58. The van der Waals surface area contributed by atoms with Crippen LogP contribution in [0.1, 0.15) is 22.3 Å². The molecule has 3 rings (SSSR count). The third kappa shape index (κ3) is 4.71. The fourth-order valence-electron chi connectivity index (χ4n) is 2.58. The molecule has 122 valence electrons. The van der Waals surface area contributed by atoms with Gasteiger partial charge in [0.2, 0.25) is 0 Å². The van der Waals surface area contributed by atoms with E-state index in [9.17, 15) is 0 Å². The normalized spacial score (nSPS) is 10.5. The second-order valence-electron chi connectivity index (χ2n) is 5.95. The van der Waals surface area contributed by atoms with Gasteiger partial charge in [-0.1, -0.05) is 66.7 Å². The predicted molar refractivity (Wildman–Crippen MR) is 98.9 cm³/mol. The van der Waals surface area contributed by atoms with E-state index in [1.54, 1.807) is 0 Å². The van der Waals surface area contributed by atoms with Gasteiger partial charge in [0.05, 0.1) is 0 Å². The Hall–Kier alpha value is -2.58. The van der Waals surface area contributed by atoms with Gasteiger partial charge in [0.15, 0.2) is 0 Å². The first-order valence-corrected chi connectivity index (χ1v) is 8.32. The van der Waals surface area contributed by atoms with Crippen molar-refractivity contribution in [1.29, 1.82) is 0 Å². The lowest BCUT2D eigenvalue weighted by molar-refractivity contribution is 0.305. The summed E-state index contributed by atoms with van der Waals surface area (Å²) >= 11 is 0. The van der Waals surface area contributed by atoms with E-state index in [-0.39, 0.29) is 0 Å². The van der Waals surface area contributed by atoms with Crippen molar-refractivity contribution < 1.29 is 4.74 Å². The Morgan fingerprint density at radius 1 is 0.708 bits per heavy atom. The van der Waals surface area contributed by atoms with E-state index >= 15 is 0 Å². The van der Waals surface area contributed by atoms with Crippen molar-refractivity contribution in [2.45, 2.75) is 26.6 Å². The number of hydrogen-bond acceptors (Lipinski definition) is 2. The maximum Gasteiger partial charge on any atom is 0.119 e. The zero-order valence-electron chi connectivity index (χ0n) is 14.0. The van der Waals surface area contributed by atoms with E-state index in [0.29, 0.717) is 6.61 Å². The SMILES string of the molecule is Cc1ccccc1COc1ccc(CNCc2ccccc2)cc1. The monoisotopic (exact) mass is 317 g/mol. The molecule has 3 aromatic carbocycles. The van der Waals surface area contributed by atoms with Crippen LogP contribution in [0.15, 0.2) is 78.9 Å². The molecule has 24 heavy (non-hydrogen) atoms. The van der Waals surface area contributed by atoms with Gasteiger partial charge in [-0.3, -0.25) is 0 Å². The molecule has 0 spiro atoms. The Bertz CT molecular complexity index is 750. The molecule has 0 saturated carbocycles. The lowest BCUT2D eigenvalue weighted by Crippen LogP contribution is -2.12. The first-order valence-electron chi connectivity index (χ1n) is 8.32. The summed E-state index contributed by atoms with van der Waals surface area (Å²) in [4.78, 5) is 0. The first-order chi connectivity index (χ1) is 11.8. The molecular formula is C22H23NO. The molecule has 0 radical (unpaired) electrons. The zero-order valence-corrected chi connectivity index (χ0v) is 14.0. The molecule has 1 N–H and O–H groups in total. The second kappa shape index (κ2) is 8.32. The van der Waals surface area contributed by atoms with Gasteiger partial charge in [0.1, 0.15) is 12.4 Å². The molecule has 0 amide bonds. The van der Waals surface area contributed by atoms with Crippen molar-refractivity contribution in [3.05, 3.63) is 101 Å². The summed E-state index contributed by atoms with van der Waals surface area (Å²) in [6.45, 7) is 4.46. The van der Waals surface area contributed by atoms with Crippen molar-refractivity contribution in [1.82, 2.24) is 5.32 Å². The number of nitrogens with one attached hydrogen (secondary N) is 1. The summed E-state index contributed by atoms with van der Waals surface area (Å²) in [5, 5.41) is 3.46. The van der Waals surface area contributed by atoms with Gasteiger partial charge < -0.3 is 10.1 Å². The Labute approximate surface area is 144 Å². The van der Waals surface area contributed by atoms with Crippen LogP contribution in [0.25, 0.3) is 0 Å². The average molecular weight is 317 g/mol. The molecule has 0 saturated heterocycles. The Kier molecular flexibility index (Phi) is 5.65. The van der Waals surface area contributed by atoms with Crippen molar-refractivity contribution in [2.75, 3.05) is 0 Å². The molecule has 0 fully saturated rings. The van der Waals surface area contributed by atoms with E-state index in [0.717, 1.165) is 18.8 Å². The van der Waals surface area contributed by atoms with Crippen LogP contribution in [0.2, 0.25) is 0 Å². The van der Waals surface area contributed by atoms with Gasteiger partial charge >= 0.3 is 0 Å². The van der Waals surface area contributed by atoms with Crippen LogP contribution in [0, 0.1) is 6.92 Å². The van der Waals surface area contributed by atoms with Crippen molar-refractivity contribution >= 4 is 0 Å². The average Bonchev–Trinajstić information content (AvgIpc) is 2.63. The molecule has 3 aromatic rings. The number of rotatable bonds is 7. The van der Waals surface area contributed by atoms with Gasteiger partial charge in [0, 0.05) is 13.1 Å². The highest BCUT2D eigenvalue weighted by molar-refractivity contribution is 5.29. The molecule has 2 heteroatoms. The summed E-state index contributed by atoms with van der Waals surface area (Å²) in [5.41, 5.74) is 5.05.